The van der Waals surface area contributed by atoms with E-state index in [1.807, 2.05) is 54.6 Å². The van der Waals surface area contributed by atoms with Crippen molar-refractivity contribution in [1.82, 2.24) is 5.32 Å². The third-order valence-corrected chi connectivity index (χ3v) is 4.02. The van der Waals surface area contributed by atoms with E-state index in [4.69, 9.17) is 17.0 Å². The van der Waals surface area contributed by atoms with Crippen molar-refractivity contribution in [3.05, 3.63) is 84.4 Å². The molecule has 0 saturated carbocycles. The van der Waals surface area contributed by atoms with Gasteiger partial charge in [0.2, 0.25) is 0 Å². The summed E-state index contributed by atoms with van der Waals surface area (Å²) in [5, 5.41) is 5.94. The quantitative estimate of drug-likeness (QED) is 0.672. The molecule has 0 saturated heterocycles. The van der Waals surface area contributed by atoms with Crippen molar-refractivity contribution in [2.45, 2.75) is 0 Å². The summed E-state index contributed by atoms with van der Waals surface area (Å²) in [6, 6.07) is 24.7. The maximum atomic E-state index is 12.2. The number of amides is 1. The molecule has 130 valence electrons. The third-order valence-electron chi connectivity index (χ3n) is 3.82. The van der Waals surface area contributed by atoms with Crippen molar-refractivity contribution in [3.63, 3.8) is 0 Å². The molecule has 1 amide bonds. The molecule has 0 fully saturated rings. The van der Waals surface area contributed by atoms with Gasteiger partial charge in [-0.3, -0.25) is 10.1 Å². The smallest absolute Gasteiger partial charge is 0.257 e. The molecule has 0 aliphatic heterocycles. The molecule has 0 aromatic heterocycles. The highest BCUT2D eigenvalue weighted by molar-refractivity contribution is 7.80. The van der Waals surface area contributed by atoms with E-state index in [2.05, 4.69) is 10.6 Å². The lowest BCUT2D eigenvalue weighted by molar-refractivity contribution is 0.0977. The van der Waals surface area contributed by atoms with Crippen LogP contribution in [0.15, 0.2) is 78.9 Å². The summed E-state index contributed by atoms with van der Waals surface area (Å²) in [6.45, 7) is 0. The van der Waals surface area contributed by atoms with E-state index in [1.54, 1.807) is 31.4 Å². The number of hydrogen-bond donors (Lipinski definition) is 2. The Kier molecular flexibility index (Phi) is 5.61. The van der Waals surface area contributed by atoms with Gasteiger partial charge in [-0.15, -0.1) is 0 Å². The summed E-state index contributed by atoms with van der Waals surface area (Å²) >= 11 is 5.28. The van der Waals surface area contributed by atoms with Crippen molar-refractivity contribution < 1.29 is 9.53 Å². The molecule has 0 unspecified atom stereocenters. The molecule has 0 heterocycles. The van der Waals surface area contributed by atoms with Crippen molar-refractivity contribution in [3.8, 4) is 16.9 Å². The molecule has 5 heteroatoms. The fraction of sp³-hybridized carbons (Fsp3) is 0.0476. The third kappa shape index (κ3) is 4.26. The van der Waals surface area contributed by atoms with Gasteiger partial charge in [0.15, 0.2) is 5.11 Å². The van der Waals surface area contributed by atoms with Gasteiger partial charge < -0.3 is 10.1 Å². The van der Waals surface area contributed by atoms with Gasteiger partial charge in [-0.2, -0.15) is 0 Å². The fourth-order valence-electron chi connectivity index (χ4n) is 2.53. The second-order valence-corrected chi connectivity index (χ2v) is 5.96. The van der Waals surface area contributed by atoms with Crippen LogP contribution in [0.25, 0.3) is 11.1 Å². The van der Waals surface area contributed by atoms with Crippen LogP contribution in [-0.4, -0.2) is 18.1 Å². The van der Waals surface area contributed by atoms with Crippen molar-refractivity contribution >= 4 is 28.9 Å². The number of methoxy groups -OCH3 is 1. The Morgan fingerprint density at radius 1 is 0.885 bits per heavy atom. The monoisotopic (exact) mass is 362 g/mol. The molecule has 4 nitrogen and oxygen atoms in total. The number of carbonyl (C=O) groups excluding carboxylic acids is 1. The summed E-state index contributed by atoms with van der Waals surface area (Å²) in [5.74, 6) is 0.377. The predicted octanol–water partition coefficient (Wildman–Crippen LogP) is 4.49. The zero-order chi connectivity index (χ0) is 18.4. The molecular weight excluding hydrogens is 344 g/mol. The van der Waals surface area contributed by atoms with Crippen LogP contribution >= 0.6 is 12.2 Å². The lowest BCUT2D eigenvalue weighted by Gasteiger charge is -2.14. The van der Waals surface area contributed by atoms with Crippen molar-refractivity contribution in [2.75, 3.05) is 12.4 Å². The average molecular weight is 362 g/mol. The Morgan fingerprint density at radius 3 is 2.19 bits per heavy atom. The predicted molar refractivity (Wildman–Crippen MR) is 109 cm³/mol. The van der Waals surface area contributed by atoms with Crippen LogP contribution in [0.3, 0.4) is 0 Å². The van der Waals surface area contributed by atoms with E-state index in [9.17, 15) is 4.79 Å². The molecule has 26 heavy (non-hydrogen) atoms. The molecule has 3 rings (SSSR count). The van der Waals surface area contributed by atoms with Crippen LogP contribution in [0.2, 0.25) is 0 Å². The van der Waals surface area contributed by atoms with E-state index in [0.29, 0.717) is 17.0 Å². The first kappa shape index (κ1) is 17.6. The zero-order valence-corrected chi connectivity index (χ0v) is 15.0. The topological polar surface area (TPSA) is 50.4 Å². The lowest BCUT2D eigenvalue weighted by Crippen LogP contribution is -2.34. The molecule has 2 N–H and O–H groups in total. The van der Waals surface area contributed by atoms with E-state index >= 15 is 0 Å². The van der Waals surface area contributed by atoms with Crippen LogP contribution in [0.5, 0.6) is 5.75 Å². The number of thiocarbonyl (C=S) groups is 1. The van der Waals surface area contributed by atoms with E-state index in [1.165, 1.54) is 0 Å². The Morgan fingerprint density at radius 2 is 1.54 bits per heavy atom. The maximum absolute atomic E-state index is 12.2. The van der Waals surface area contributed by atoms with Crippen molar-refractivity contribution in [2.24, 2.45) is 0 Å². The van der Waals surface area contributed by atoms with Gasteiger partial charge in [-0.1, -0.05) is 54.6 Å². The van der Waals surface area contributed by atoms with Crippen LogP contribution in [0.1, 0.15) is 10.4 Å². The number of ether oxygens (including phenoxy) is 1. The zero-order valence-electron chi connectivity index (χ0n) is 14.2. The largest absolute Gasteiger partial charge is 0.495 e. The summed E-state index contributed by atoms with van der Waals surface area (Å²) in [7, 11) is 1.59. The second kappa shape index (κ2) is 8.27. The van der Waals surface area contributed by atoms with Gasteiger partial charge in [0, 0.05) is 5.56 Å². The standard InChI is InChI=1S/C21H18N2O2S/c1-25-19-13-12-17(15-8-4-2-5-9-15)14-18(19)22-21(26)23-20(24)16-10-6-3-7-11-16/h2-14H,1H3,(H2,22,23,24,26). The van der Waals surface area contributed by atoms with Gasteiger partial charge in [-0.05, 0) is 47.6 Å². The highest BCUT2D eigenvalue weighted by Gasteiger charge is 2.11. The van der Waals surface area contributed by atoms with Crippen LogP contribution in [0, 0.1) is 0 Å². The minimum absolute atomic E-state index is 0.211. The highest BCUT2D eigenvalue weighted by atomic mass is 32.1. The van der Waals surface area contributed by atoms with Gasteiger partial charge in [0.05, 0.1) is 12.8 Å². The summed E-state index contributed by atoms with van der Waals surface area (Å²) < 4.78 is 5.39. The van der Waals surface area contributed by atoms with Gasteiger partial charge in [0.1, 0.15) is 5.75 Å². The van der Waals surface area contributed by atoms with E-state index in [0.717, 1.165) is 11.1 Å². The normalized spacial score (nSPS) is 10.0. The molecule has 0 aliphatic carbocycles. The molecule has 0 bridgehead atoms. The second-order valence-electron chi connectivity index (χ2n) is 5.56. The van der Waals surface area contributed by atoms with Crippen LogP contribution in [-0.2, 0) is 0 Å². The molecule has 0 aliphatic rings. The highest BCUT2D eigenvalue weighted by Crippen LogP contribution is 2.30. The Labute approximate surface area is 157 Å². The lowest BCUT2D eigenvalue weighted by atomic mass is 10.0. The first-order chi connectivity index (χ1) is 12.7. The average Bonchev–Trinajstić information content (AvgIpc) is 2.69. The van der Waals surface area contributed by atoms with Crippen LogP contribution in [0.4, 0.5) is 5.69 Å². The number of rotatable bonds is 4. The first-order valence-electron chi connectivity index (χ1n) is 8.08. The molecule has 3 aromatic carbocycles. The summed E-state index contributed by atoms with van der Waals surface area (Å²) in [6.07, 6.45) is 0. The fourth-order valence-corrected chi connectivity index (χ4v) is 2.74. The Bertz CT molecular complexity index is 912. The number of carbonyl (C=O) groups is 1. The first-order valence-corrected chi connectivity index (χ1v) is 8.49. The SMILES string of the molecule is COc1ccc(-c2ccccc2)cc1NC(=S)NC(=O)c1ccccc1. The number of hydrogen-bond acceptors (Lipinski definition) is 3. The van der Waals surface area contributed by atoms with Crippen LogP contribution < -0.4 is 15.4 Å². The molecular formula is C21H18N2O2S. The number of nitrogens with one attached hydrogen (secondary N) is 2. The molecule has 0 atom stereocenters. The van der Waals surface area contributed by atoms with Gasteiger partial charge in [0.25, 0.3) is 5.91 Å². The molecule has 0 spiro atoms. The van der Waals surface area contributed by atoms with E-state index in [-0.39, 0.29) is 11.0 Å². The maximum Gasteiger partial charge on any atom is 0.257 e. The Hall–Kier alpha value is -3.18. The minimum atomic E-state index is -0.263. The van der Waals surface area contributed by atoms with E-state index < -0.39 is 0 Å². The van der Waals surface area contributed by atoms with Crippen molar-refractivity contribution in [1.29, 1.82) is 0 Å². The summed E-state index contributed by atoms with van der Waals surface area (Å²) in [5.41, 5.74) is 3.33. The molecule has 0 radical (unpaired) electrons. The van der Waals surface area contributed by atoms with Gasteiger partial charge >= 0.3 is 0 Å². The number of benzene rings is 3. The van der Waals surface area contributed by atoms with Gasteiger partial charge in [-0.25, -0.2) is 0 Å². The molecule has 3 aromatic rings. The summed E-state index contributed by atoms with van der Waals surface area (Å²) in [4.78, 5) is 12.2. The number of anilines is 1. The Balaban J connectivity index is 1.77. The minimum Gasteiger partial charge on any atom is -0.495 e.